The zero-order valence-electron chi connectivity index (χ0n) is 12.4. The number of amides is 1. The molecule has 2 rings (SSSR count). The van der Waals surface area contributed by atoms with Crippen LogP contribution in [0.15, 0.2) is 24.7 Å². The second-order valence-electron chi connectivity index (χ2n) is 5.63. The quantitative estimate of drug-likeness (QED) is 0.836. The molecule has 0 aliphatic heterocycles. The van der Waals surface area contributed by atoms with Gasteiger partial charge in [0.15, 0.2) is 0 Å². The van der Waals surface area contributed by atoms with Crippen LogP contribution in [-0.2, 0) is 17.9 Å². The average Bonchev–Trinajstić information content (AvgIpc) is 2.84. The summed E-state index contributed by atoms with van der Waals surface area (Å²) in [5.74, 6) is 0.0265. The van der Waals surface area contributed by atoms with E-state index in [0.717, 1.165) is 5.69 Å². The van der Waals surface area contributed by atoms with Gasteiger partial charge in [-0.2, -0.15) is 0 Å². The van der Waals surface area contributed by atoms with Gasteiger partial charge in [0.2, 0.25) is 11.9 Å². The zero-order valence-corrected chi connectivity index (χ0v) is 12.4. The highest BCUT2D eigenvalue weighted by molar-refractivity contribution is 5.88. The molecule has 0 atom stereocenters. The number of nitrogens with zero attached hydrogens (tertiary/aromatic N) is 5. The first-order valence-corrected chi connectivity index (χ1v) is 6.63. The first kappa shape index (κ1) is 15.0. The molecule has 2 aromatic heterocycles. The molecule has 0 aliphatic carbocycles. The maximum Gasteiger partial charge on any atom is 0.248 e. The molecule has 0 spiro atoms. The van der Waals surface area contributed by atoms with Crippen molar-refractivity contribution < 1.29 is 4.79 Å². The van der Waals surface area contributed by atoms with Crippen molar-refractivity contribution in [2.45, 2.75) is 39.4 Å². The number of rotatable bonds is 5. The fraction of sp³-hybridized carbons (Fsp3) is 0.462. The number of hydrogen-bond donors (Lipinski definition) is 2. The van der Waals surface area contributed by atoms with Gasteiger partial charge in [-0.1, -0.05) is 5.21 Å². The summed E-state index contributed by atoms with van der Waals surface area (Å²) in [6.45, 7) is 6.90. The second kappa shape index (κ2) is 6.40. The summed E-state index contributed by atoms with van der Waals surface area (Å²) < 4.78 is 1.48. The molecular weight excluding hydrogens is 270 g/mol. The van der Waals surface area contributed by atoms with E-state index in [2.05, 4.69) is 51.7 Å². The molecule has 0 unspecified atom stereocenters. The fourth-order valence-electron chi connectivity index (χ4n) is 1.53. The minimum Gasteiger partial charge on any atom is -0.306 e. The van der Waals surface area contributed by atoms with Crippen molar-refractivity contribution >= 4 is 11.9 Å². The van der Waals surface area contributed by atoms with Crippen molar-refractivity contribution in [2.75, 3.05) is 5.32 Å². The zero-order chi connectivity index (χ0) is 15.3. The number of anilines is 1. The van der Waals surface area contributed by atoms with Crippen molar-refractivity contribution in [3.8, 4) is 0 Å². The first-order valence-electron chi connectivity index (χ1n) is 6.63. The summed E-state index contributed by atoms with van der Waals surface area (Å²) in [5.41, 5.74) is 0.792. The molecule has 8 nitrogen and oxygen atoms in total. The van der Waals surface area contributed by atoms with Gasteiger partial charge in [0.05, 0.1) is 11.9 Å². The van der Waals surface area contributed by atoms with Crippen molar-refractivity contribution in [2.24, 2.45) is 0 Å². The summed E-state index contributed by atoms with van der Waals surface area (Å²) in [5, 5.41) is 13.8. The summed E-state index contributed by atoms with van der Waals surface area (Å²) in [7, 11) is 0. The molecule has 0 radical (unpaired) electrons. The van der Waals surface area contributed by atoms with E-state index < -0.39 is 0 Å². The van der Waals surface area contributed by atoms with Crippen LogP contribution in [0.5, 0.6) is 0 Å². The van der Waals surface area contributed by atoms with Crippen LogP contribution < -0.4 is 10.6 Å². The predicted octanol–water partition coefficient (Wildman–Crippen LogP) is 0.595. The lowest BCUT2D eigenvalue weighted by Crippen LogP contribution is -2.35. The molecule has 0 fully saturated rings. The lowest BCUT2D eigenvalue weighted by atomic mass is 10.1. The van der Waals surface area contributed by atoms with Crippen LogP contribution in [0.25, 0.3) is 0 Å². The van der Waals surface area contributed by atoms with Gasteiger partial charge >= 0.3 is 0 Å². The average molecular weight is 289 g/mol. The third-order valence-electron chi connectivity index (χ3n) is 2.51. The summed E-state index contributed by atoms with van der Waals surface area (Å²) in [6.07, 6.45) is 4.87. The standard InChI is InChI=1S/C13H19N7O/c1-13(2,3)16-7-10-8-20(19-18-10)9-11(21)17-12-14-5-4-6-15-12/h4-6,8,16H,7,9H2,1-3H3,(H,14,15,17,21). The van der Waals surface area contributed by atoms with Crippen LogP contribution in [0.2, 0.25) is 0 Å². The van der Waals surface area contributed by atoms with Gasteiger partial charge in [0.25, 0.3) is 0 Å². The Hall–Kier alpha value is -2.35. The van der Waals surface area contributed by atoms with Crippen LogP contribution >= 0.6 is 0 Å². The monoisotopic (exact) mass is 289 g/mol. The second-order valence-corrected chi connectivity index (χ2v) is 5.63. The van der Waals surface area contributed by atoms with E-state index in [1.165, 1.54) is 4.68 Å². The van der Waals surface area contributed by atoms with Crippen LogP contribution in [0, 0.1) is 0 Å². The summed E-state index contributed by atoms with van der Waals surface area (Å²) >= 11 is 0. The molecule has 0 saturated heterocycles. The topological polar surface area (TPSA) is 97.6 Å². The first-order chi connectivity index (χ1) is 9.92. The fourth-order valence-corrected chi connectivity index (χ4v) is 1.53. The number of carbonyl (C=O) groups excluding carboxylic acids is 1. The number of aromatic nitrogens is 5. The number of carbonyl (C=O) groups is 1. The lowest BCUT2D eigenvalue weighted by Gasteiger charge is -2.19. The Kier molecular flexibility index (Phi) is 4.59. The third-order valence-corrected chi connectivity index (χ3v) is 2.51. The smallest absolute Gasteiger partial charge is 0.248 e. The van der Waals surface area contributed by atoms with Crippen LogP contribution in [0.1, 0.15) is 26.5 Å². The van der Waals surface area contributed by atoms with E-state index in [1.807, 2.05) is 0 Å². The van der Waals surface area contributed by atoms with Gasteiger partial charge in [0, 0.05) is 24.5 Å². The molecule has 8 heteroatoms. The largest absolute Gasteiger partial charge is 0.306 e. The van der Waals surface area contributed by atoms with Crippen LogP contribution in [0.4, 0.5) is 5.95 Å². The number of hydrogen-bond acceptors (Lipinski definition) is 6. The SMILES string of the molecule is CC(C)(C)NCc1cn(CC(=O)Nc2ncccn2)nn1. The van der Waals surface area contributed by atoms with E-state index >= 15 is 0 Å². The van der Waals surface area contributed by atoms with Gasteiger partial charge in [0.1, 0.15) is 6.54 Å². The molecule has 0 aromatic carbocycles. The molecule has 2 heterocycles. The van der Waals surface area contributed by atoms with Crippen molar-refractivity contribution in [3.05, 3.63) is 30.4 Å². The van der Waals surface area contributed by atoms with E-state index in [-0.39, 0.29) is 23.9 Å². The molecule has 2 aromatic rings. The van der Waals surface area contributed by atoms with Crippen molar-refractivity contribution in [3.63, 3.8) is 0 Å². The minimum absolute atomic E-state index is 0.00576. The Bertz CT molecular complexity index is 588. The van der Waals surface area contributed by atoms with E-state index in [1.54, 1.807) is 24.7 Å². The Morgan fingerprint density at radius 2 is 2.00 bits per heavy atom. The van der Waals surface area contributed by atoms with Gasteiger partial charge in [-0.05, 0) is 26.8 Å². The summed E-state index contributed by atoms with van der Waals surface area (Å²) in [6, 6.07) is 1.68. The van der Waals surface area contributed by atoms with E-state index in [9.17, 15) is 4.79 Å². The molecule has 1 amide bonds. The molecule has 0 aliphatic rings. The maximum atomic E-state index is 11.8. The Balaban J connectivity index is 1.86. The Morgan fingerprint density at radius 1 is 1.29 bits per heavy atom. The third kappa shape index (κ3) is 5.27. The molecule has 112 valence electrons. The molecule has 21 heavy (non-hydrogen) atoms. The van der Waals surface area contributed by atoms with Gasteiger partial charge < -0.3 is 5.32 Å². The van der Waals surface area contributed by atoms with Gasteiger partial charge in [-0.15, -0.1) is 5.10 Å². The van der Waals surface area contributed by atoms with E-state index in [0.29, 0.717) is 6.54 Å². The summed E-state index contributed by atoms with van der Waals surface area (Å²) in [4.78, 5) is 19.7. The maximum absolute atomic E-state index is 11.8. The Morgan fingerprint density at radius 3 is 2.67 bits per heavy atom. The molecule has 0 saturated carbocycles. The normalized spacial score (nSPS) is 11.4. The minimum atomic E-state index is -0.249. The highest BCUT2D eigenvalue weighted by atomic mass is 16.2. The highest BCUT2D eigenvalue weighted by Crippen LogP contribution is 2.02. The number of nitrogens with one attached hydrogen (secondary N) is 2. The molecule has 0 bridgehead atoms. The van der Waals surface area contributed by atoms with E-state index in [4.69, 9.17) is 0 Å². The van der Waals surface area contributed by atoms with Crippen LogP contribution in [0.3, 0.4) is 0 Å². The van der Waals surface area contributed by atoms with Crippen LogP contribution in [-0.4, -0.2) is 36.4 Å². The molecular formula is C13H19N7O. The lowest BCUT2D eigenvalue weighted by molar-refractivity contribution is -0.117. The van der Waals surface area contributed by atoms with Gasteiger partial charge in [-0.3, -0.25) is 10.1 Å². The highest BCUT2D eigenvalue weighted by Gasteiger charge is 2.11. The van der Waals surface area contributed by atoms with Crippen molar-refractivity contribution in [1.82, 2.24) is 30.3 Å². The predicted molar refractivity (Wildman–Crippen MR) is 77.3 cm³/mol. The molecule has 2 N–H and O–H groups in total. The van der Waals surface area contributed by atoms with Crippen molar-refractivity contribution in [1.29, 1.82) is 0 Å². The van der Waals surface area contributed by atoms with Gasteiger partial charge in [-0.25, -0.2) is 14.6 Å². The Labute approximate surface area is 123 Å².